The van der Waals surface area contributed by atoms with E-state index in [-0.39, 0.29) is 12.4 Å². The van der Waals surface area contributed by atoms with Gasteiger partial charge in [-0.2, -0.15) is 0 Å². The van der Waals surface area contributed by atoms with Gasteiger partial charge < -0.3 is 15.7 Å². The van der Waals surface area contributed by atoms with Crippen molar-refractivity contribution in [2.24, 2.45) is 0 Å². The van der Waals surface area contributed by atoms with E-state index in [1.807, 2.05) is 11.8 Å². The first kappa shape index (κ1) is 13.4. The second-order valence-electron chi connectivity index (χ2n) is 3.32. The number of aromatic nitrogens is 1. The summed E-state index contributed by atoms with van der Waals surface area (Å²) >= 11 is 11.9. The highest BCUT2D eigenvalue weighted by Crippen LogP contribution is 2.29. The quantitative estimate of drug-likeness (QED) is 0.855. The molecule has 0 fully saturated rings. The van der Waals surface area contributed by atoms with E-state index in [9.17, 15) is 0 Å². The van der Waals surface area contributed by atoms with Gasteiger partial charge in [0.2, 0.25) is 0 Å². The number of nitrogens with two attached hydrogens (primary N) is 1. The first-order valence-corrected chi connectivity index (χ1v) is 5.83. The minimum atomic E-state index is 0.136. The highest BCUT2D eigenvalue weighted by molar-refractivity contribution is 6.37. The van der Waals surface area contributed by atoms with Gasteiger partial charge >= 0.3 is 0 Å². The largest absolute Gasteiger partial charge is 0.396 e. The highest BCUT2D eigenvalue weighted by Gasteiger charge is 2.12. The molecule has 90 valence electrons. The molecule has 0 radical (unpaired) electrons. The van der Waals surface area contributed by atoms with E-state index in [2.05, 4.69) is 4.98 Å². The molecule has 0 aromatic carbocycles. The molecular formula is C10H15Cl2N3O. The molecule has 3 N–H and O–H groups in total. The standard InChI is InChI=1S/C10H15Cl2N3O/c1-2-15(4-3-5-16)10-8(12)6-7(11)9(13)14-10/h6,16H,2-5H2,1H3,(H2,13,14). The molecular weight excluding hydrogens is 249 g/mol. The summed E-state index contributed by atoms with van der Waals surface area (Å²) in [5.74, 6) is 0.878. The maximum Gasteiger partial charge on any atom is 0.149 e. The van der Waals surface area contributed by atoms with Crippen LogP contribution in [-0.2, 0) is 0 Å². The van der Waals surface area contributed by atoms with E-state index in [1.54, 1.807) is 6.07 Å². The van der Waals surface area contributed by atoms with Crippen molar-refractivity contribution in [3.63, 3.8) is 0 Å². The SMILES string of the molecule is CCN(CCCO)c1nc(N)c(Cl)cc1Cl. The number of nitrogens with zero attached hydrogens (tertiary/aromatic N) is 2. The Balaban J connectivity index is 2.95. The fraction of sp³-hybridized carbons (Fsp3) is 0.500. The van der Waals surface area contributed by atoms with Crippen molar-refractivity contribution in [3.05, 3.63) is 16.1 Å². The summed E-state index contributed by atoms with van der Waals surface area (Å²) in [6.07, 6.45) is 0.661. The van der Waals surface area contributed by atoms with Crippen molar-refractivity contribution in [2.45, 2.75) is 13.3 Å². The molecule has 1 heterocycles. The lowest BCUT2D eigenvalue weighted by atomic mass is 10.3. The number of aliphatic hydroxyl groups excluding tert-OH is 1. The van der Waals surface area contributed by atoms with Crippen LogP contribution in [0.1, 0.15) is 13.3 Å². The lowest BCUT2D eigenvalue weighted by molar-refractivity contribution is 0.289. The maximum atomic E-state index is 8.80. The zero-order valence-electron chi connectivity index (χ0n) is 9.08. The predicted octanol–water partition coefficient (Wildman–Crippen LogP) is 2.18. The van der Waals surface area contributed by atoms with Gasteiger partial charge in [-0.15, -0.1) is 0 Å². The van der Waals surface area contributed by atoms with Crippen molar-refractivity contribution in [2.75, 3.05) is 30.3 Å². The van der Waals surface area contributed by atoms with Crippen molar-refractivity contribution in [3.8, 4) is 0 Å². The van der Waals surface area contributed by atoms with E-state index in [0.29, 0.717) is 28.8 Å². The lowest BCUT2D eigenvalue weighted by Gasteiger charge is -2.23. The van der Waals surface area contributed by atoms with Gasteiger partial charge in [-0.1, -0.05) is 23.2 Å². The molecule has 4 nitrogen and oxygen atoms in total. The Bertz CT molecular complexity index is 360. The average molecular weight is 264 g/mol. The summed E-state index contributed by atoms with van der Waals surface area (Å²) in [7, 11) is 0. The molecule has 6 heteroatoms. The normalized spacial score (nSPS) is 10.5. The topological polar surface area (TPSA) is 62.4 Å². The van der Waals surface area contributed by atoms with E-state index < -0.39 is 0 Å². The Labute approximate surface area is 105 Å². The molecule has 1 aromatic rings. The Morgan fingerprint density at radius 2 is 2.12 bits per heavy atom. The number of hydrogen-bond acceptors (Lipinski definition) is 4. The zero-order valence-corrected chi connectivity index (χ0v) is 10.6. The molecule has 0 unspecified atom stereocenters. The average Bonchev–Trinajstić information content (AvgIpc) is 2.26. The molecule has 1 aromatic heterocycles. The second-order valence-corrected chi connectivity index (χ2v) is 4.13. The van der Waals surface area contributed by atoms with Gasteiger partial charge in [0.1, 0.15) is 11.6 Å². The second kappa shape index (κ2) is 6.13. The van der Waals surface area contributed by atoms with Gasteiger partial charge in [-0.25, -0.2) is 4.98 Å². The van der Waals surface area contributed by atoms with Gasteiger partial charge in [0.25, 0.3) is 0 Å². The van der Waals surface area contributed by atoms with Crippen LogP contribution in [0, 0.1) is 0 Å². The Kier molecular flexibility index (Phi) is 5.12. The van der Waals surface area contributed by atoms with Crippen LogP contribution < -0.4 is 10.6 Å². The van der Waals surface area contributed by atoms with Crippen LogP contribution in [0.3, 0.4) is 0 Å². The Hall–Kier alpha value is -0.710. The summed E-state index contributed by atoms with van der Waals surface area (Å²) in [4.78, 5) is 6.10. The summed E-state index contributed by atoms with van der Waals surface area (Å²) in [5, 5.41) is 9.62. The number of hydrogen-bond donors (Lipinski definition) is 2. The Morgan fingerprint density at radius 3 is 2.69 bits per heavy atom. The molecule has 0 atom stereocenters. The van der Waals surface area contributed by atoms with Crippen molar-refractivity contribution >= 4 is 34.8 Å². The predicted molar refractivity (Wildman–Crippen MR) is 68.3 cm³/mol. The third-order valence-corrected chi connectivity index (χ3v) is 2.79. The van der Waals surface area contributed by atoms with Crippen LogP contribution in [0.4, 0.5) is 11.6 Å². The first-order chi connectivity index (χ1) is 7.60. The van der Waals surface area contributed by atoms with Crippen LogP contribution in [0.2, 0.25) is 10.0 Å². The summed E-state index contributed by atoms with van der Waals surface area (Å²) in [5.41, 5.74) is 5.63. The minimum absolute atomic E-state index is 0.136. The van der Waals surface area contributed by atoms with Gasteiger partial charge in [0, 0.05) is 19.7 Å². The lowest BCUT2D eigenvalue weighted by Crippen LogP contribution is -2.26. The Morgan fingerprint density at radius 1 is 1.44 bits per heavy atom. The number of rotatable bonds is 5. The summed E-state index contributed by atoms with van der Waals surface area (Å²) < 4.78 is 0. The van der Waals surface area contributed by atoms with Crippen LogP contribution in [0.25, 0.3) is 0 Å². The molecule has 0 bridgehead atoms. The van der Waals surface area contributed by atoms with Gasteiger partial charge in [0.15, 0.2) is 0 Å². The van der Waals surface area contributed by atoms with Crippen LogP contribution >= 0.6 is 23.2 Å². The molecule has 0 aliphatic heterocycles. The molecule has 0 aliphatic carbocycles. The zero-order chi connectivity index (χ0) is 12.1. The molecule has 0 spiro atoms. The summed E-state index contributed by atoms with van der Waals surface area (Å²) in [6.45, 7) is 3.55. The monoisotopic (exact) mass is 263 g/mol. The van der Waals surface area contributed by atoms with Crippen molar-refractivity contribution < 1.29 is 5.11 Å². The molecule has 0 saturated carbocycles. The van der Waals surface area contributed by atoms with E-state index in [4.69, 9.17) is 34.0 Å². The van der Waals surface area contributed by atoms with E-state index in [1.165, 1.54) is 0 Å². The van der Waals surface area contributed by atoms with Crippen molar-refractivity contribution in [1.82, 2.24) is 4.98 Å². The van der Waals surface area contributed by atoms with Gasteiger partial charge in [0.05, 0.1) is 10.0 Å². The third-order valence-electron chi connectivity index (χ3n) is 2.21. The fourth-order valence-electron chi connectivity index (χ4n) is 1.37. The van der Waals surface area contributed by atoms with Gasteiger partial charge in [-0.05, 0) is 19.4 Å². The molecule has 1 rings (SSSR count). The van der Waals surface area contributed by atoms with Crippen LogP contribution in [0.5, 0.6) is 0 Å². The highest BCUT2D eigenvalue weighted by atomic mass is 35.5. The summed E-state index contributed by atoms with van der Waals surface area (Å²) in [6, 6.07) is 1.59. The van der Waals surface area contributed by atoms with E-state index in [0.717, 1.165) is 6.54 Å². The van der Waals surface area contributed by atoms with E-state index >= 15 is 0 Å². The maximum absolute atomic E-state index is 8.80. The molecule has 0 amide bonds. The molecule has 0 saturated heterocycles. The van der Waals surface area contributed by atoms with Gasteiger partial charge in [-0.3, -0.25) is 0 Å². The molecule has 0 aliphatic rings. The number of anilines is 2. The smallest absolute Gasteiger partial charge is 0.149 e. The molecule has 16 heavy (non-hydrogen) atoms. The third kappa shape index (κ3) is 3.14. The van der Waals surface area contributed by atoms with Crippen LogP contribution in [-0.4, -0.2) is 29.8 Å². The number of aliphatic hydroxyl groups is 1. The fourth-order valence-corrected chi connectivity index (χ4v) is 1.85. The first-order valence-electron chi connectivity index (χ1n) is 5.07. The number of pyridine rings is 1. The van der Waals surface area contributed by atoms with Crippen LogP contribution in [0.15, 0.2) is 6.07 Å². The van der Waals surface area contributed by atoms with Crippen molar-refractivity contribution in [1.29, 1.82) is 0 Å². The minimum Gasteiger partial charge on any atom is -0.396 e. The number of halogens is 2. The number of nitrogen functional groups attached to an aromatic ring is 1.